The lowest BCUT2D eigenvalue weighted by atomic mass is 10.2. The van der Waals surface area contributed by atoms with E-state index in [1.165, 1.54) is 0 Å². The van der Waals surface area contributed by atoms with E-state index in [4.69, 9.17) is 29.6 Å². The number of aromatic nitrogens is 1. The van der Waals surface area contributed by atoms with Crippen molar-refractivity contribution in [3.63, 3.8) is 0 Å². The third-order valence-corrected chi connectivity index (χ3v) is 2.79. The number of aliphatic imine (C=N–C) groups is 1. The Bertz CT molecular complexity index is 476. The molecule has 0 unspecified atom stereocenters. The molecule has 0 saturated heterocycles. The molecular formula is C13H20ClN5S. The molecule has 1 aromatic rings. The van der Waals surface area contributed by atoms with E-state index in [2.05, 4.69) is 20.6 Å². The van der Waals surface area contributed by atoms with Gasteiger partial charge >= 0.3 is 0 Å². The van der Waals surface area contributed by atoms with E-state index in [0.29, 0.717) is 17.5 Å². The van der Waals surface area contributed by atoms with Crippen LogP contribution in [-0.2, 0) is 6.42 Å². The maximum atomic E-state index is 6.05. The van der Waals surface area contributed by atoms with Gasteiger partial charge in [0.15, 0.2) is 11.1 Å². The molecule has 4 N–H and O–H groups in total. The second-order valence-corrected chi connectivity index (χ2v) is 5.40. The van der Waals surface area contributed by atoms with Crippen molar-refractivity contribution >= 4 is 34.9 Å². The molecule has 0 bridgehead atoms. The summed E-state index contributed by atoms with van der Waals surface area (Å²) < 4.78 is 0. The van der Waals surface area contributed by atoms with Crippen LogP contribution < -0.4 is 16.4 Å². The van der Waals surface area contributed by atoms with Gasteiger partial charge in [0.05, 0.1) is 10.7 Å². The van der Waals surface area contributed by atoms with Crippen LogP contribution in [0, 0.1) is 0 Å². The van der Waals surface area contributed by atoms with E-state index in [1.807, 2.05) is 26.0 Å². The molecule has 0 aliphatic carbocycles. The molecule has 0 aromatic carbocycles. The highest BCUT2D eigenvalue weighted by molar-refractivity contribution is 7.80. The van der Waals surface area contributed by atoms with Crippen LogP contribution in [-0.4, -0.2) is 28.6 Å². The van der Waals surface area contributed by atoms with E-state index >= 15 is 0 Å². The minimum Gasteiger partial charge on any atom is -0.376 e. The van der Waals surface area contributed by atoms with Crippen molar-refractivity contribution in [3.05, 3.63) is 29.0 Å². The first-order valence-electron chi connectivity index (χ1n) is 6.46. The molecule has 7 heteroatoms. The number of hydrogen-bond acceptors (Lipinski definition) is 3. The molecule has 0 atom stereocenters. The first-order chi connectivity index (χ1) is 9.49. The average molecular weight is 314 g/mol. The maximum Gasteiger partial charge on any atom is 0.197 e. The lowest BCUT2D eigenvalue weighted by Crippen LogP contribution is -2.46. The molecule has 0 amide bonds. The number of nitrogens with two attached hydrogens (primary N) is 1. The van der Waals surface area contributed by atoms with Gasteiger partial charge in [-0.1, -0.05) is 11.6 Å². The number of nitrogens with zero attached hydrogens (tertiary/aromatic N) is 2. The molecule has 1 heterocycles. The molecule has 0 radical (unpaired) electrons. The quantitative estimate of drug-likeness (QED) is 0.335. The second-order valence-electron chi connectivity index (χ2n) is 4.55. The van der Waals surface area contributed by atoms with Crippen LogP contribution in [0.25, 0.3) is 0 Å². The Kier molecular flexibility index (Phi) is 7.25. The molecule has 0 aliphatic rings. The predicted molar refractivity (Wildman–Crippen MR) is 88.1 cm³/mol. The van der Waals surface area contributed by atoms with Gasteiger partial charge in [-0.2, -0.15) is 0 Å². The number of hydrogen-bond donors (Lipinski definition) is 3. The molecule has 0 aliphatic heterocycles. The van der Waals surface area contributed by atoms with E-state index in [-0.39, 0.29) is 11.2 Å². The Labute approximate surface area is 130 Å². The molecule has 1 rings (SSSR count). The van der Waals surface area contributed by atoms with Gasteiger partial charge in [-0.3, -0.25) is 9.98 Å². The van der Waals surface area contributed by atoms with Crippen molar-refractivity contribution in [1.29, 1.82) is 0 Å². The maximum absolute atomic E-state index is 6.05. The summed E-state index contributed by atoms with van der Waals surface area (Å²) in [6.45, 7) is 4.67. The van der Waals surface area contributed by atoms with Crippen LogP contribution >= 0.6 is 23.8 Å². The van der Waals surface area contributed by atoms with Crippen LogP contribution in [0.1, 0.15) is 26.0 Å². The van der Waals surface area contributed by atoms with Gasteiger partial charge < -0.3 is 16.4 Å². The highest BCUT2D eigenvalue weighted by atomic mass is 35.5. The van der Waals surface area contributed by atoms with Crippen molar-refractivity contribution in [1.82, 2.24) is 15.6 Å². The minimum atomic E-state index is 0.199. The Hall–Kier alpha value is -1.40. The first-order valence-corrected chi connectivity index (χ1v) is 7.24. The van der Waals surface area contributed by atoms with Crippen molar-refractivity contribution < 1.29 is 0 Å². The number of pyridine rings is 1. The van der Waals surface area contributed by atoms with Crippen molar-refractivity contribution in [2.75, 3.05) is 6.54 Å². The van der Waals surface area contributed by atoms with Gasteiger partial charge in [-0.15, -0.1) is 0 Å². The summed E-state index contributed by atoms with van der Waals surface area (Å²) in [5, 5.41) is 6.87. The van der Waals surface area contributed by atoms with Crippen LogP contribution in [0.15, 0.2) is 23.3 Å². The van der Waals surface area contributed by atoms with Gasteiger partial charge in [0.2, 0.25) is 0 Å². The molecule has 0 fully saturated rings. The van der Waals surface area contributed by atoms with Crippen molar-refractivity contribution in [3.8, 4) is 0 Å². The third kappa shape index (κ3) is 6.68. The van der Waals surface area contributed by atoms with Gasteiger partial charge in [0.25, 0.3) is 0 Å². The van der Waals surface area contributed by atoms with Gasteiger partial charge in [-0.05, 0) is 51.0 Å². The molecule has 0 spiro atoms. The predicted octanol–water partition coefficient (Wildman–Crippen LogP) is 1.85. The number of guanidine groups is 1. The standard InChI is InChI=1S/C13H20ClN5S/c1-9(2)18-13(19-12(15)20)17-8-4-6-11-10(14)5-3-7-16-11/h3,5,7,9H,4,6,8H2,1-2H3,(H4,15,17,18,19,20). The van der Waals surface area contributed by atoms with Crippen molar-refractivity contribution in [2.45, 2.75) is 32.7 Å². The summed E-state index contributed by atoms with van der Waals surface area (Å²) >= 11 is 10.9. The Morgan fingerprint density at radius 2 is 2.30 bits per heavy atom. The summed E-state index contributed by atoms with van der Waals surface area (Å²) in [6, 6.07) is 3.91. The number of halogens is 1. The van der Waals surface area contributed by atoms with Gasteiger partial charge in [0.1, 0.15) is 0 Å². The number of nitrogens with one attached hydrogen (secondary N) is 2. The zero-order chi connectivity index (χ0) is 15.0. The Morgan fingerprint density at radius 1 is 1.55 bits per heavy atom. The fraction of sp³-hybridized carbons (Fsp3) is 0.462. The van der Waals surface area contributed by atoms with Crippen LogP contribution in [0.4, 0.5) is 0 Å². The number of rotatable bonds is 5. The summed E-state index contributed by atoms with van der Waals surface area (Å²) in [4.78, 5) is 8.64. The number of thiocarbonyl (C=S) groups is 1. The highest BCUT2D eigenvalue weighted by Gasteiger charge is 2.03. The van der Waals surface area contributed by atoms with E-state index < -0.39 is 0 Å². The first kappa shape index (κ1) is 16.7. The molecule has 0 saturated carbocycles. The minimum absolute atomic E-state index is 0.199. The normalized spacial score (nSPS) is 11.5. The molecule has 110 valence electrons. The topological polar surface area (TPSA) is 75.3 Å². The lowest BCUT2D eigenvalue weighted by molar-refractivity contribution is 0.712. The Morgan fingerprint density at radius 3 is 2.90 bits per heavy atom. The third-order valence-electron chi connectivity index (χ3n) is 2.34. The molecule has 20 heavy (non-hydrogen) atoms. The van der Waals surface area contributed by atoms with Crippen molar-refractivity contribution in [2.24, 2.45) is 10.7 Å². The summed E-state index contributed by atoms with van der Waals surface area (Å²) in [5.41, 5.74) is 6.35. The fourth-order valence-corrected chi connectivity index (χ4v) is 1.86. The van der Waals surface area contributed by atoms with Gasteiger partial charge in [-0.25, -0.2) is 0 Å². The fourth-order valence-electron chi connectivity index (χ4n) is 1.55. The second kappa shape index (κ2) is 8.71. The largest absolute Gasteiger partial charge is 0.376 e. The van der Waals surface area contributed by atoms with Crippen LogP contribution in [0.5, 0.6) is 0 Å². The average Bonchev–Trinajstić information content (AvgIpc) is 2.35. The zero-order valence-electron chi connectivity index (χ0n) is 11.7. The lowest BCUT2D eigenvalue weighted by Gasteiger charge is -2.13. The monoisotopic (exact) mass is 313 g/mol. The Balaban J connectivity index is 2.47. The molecular weight excluding hydrogens is 294 g/mol. The number of aryl methyl sites for hydroxylation is 1. The van der Waals surface area contributed by atoms with Crippen LogP contribution in [0.2, 0.25) is 5.02 Å². The van der Waals surface area contributed by atoms with Gasteiger partial charge in [0, 0.05) is 18.8 Å². The highest BCUT2D eigenvalue weighted by Crippen LogP contribution is 2.13. The van der Waals surface area contributed by atoms with E-state index in [1.54, 1.807) is 6.20 Å². The zero-order valence-corrected chi connectivity index (χ0v) is 13.3. The molecule has 1 aromatic heterocycles. The summed E-state index contributed by atoms with van der Waals surface area (Å²) in [5.74, 6) is 0.597. The summed E-state index contributed by atoms with van der Waals surface area (Å²) in [6.07, 6.45) is 3.37. The van der Waals surface area contributed by atoms with Crippen LogP contribution in [0.3, 0.4) is 0 Å². The molecule has 5 nitrogen and oxygen atoms in total. The van der Waals surface area contributed by atoms with E-state index in [9.17, 15) is 0 Å². The SMILES string of the molecule is CC(C)NC(=NCCCc1ncccc1Cl)NC(N)=S. The smallest absolute Gasteiger partial charge is 0.197 e. The van der Waals surface area contributed by atoms with E-state index in [0.717, 1.165) is 18.5 Å². The summed E-state index contributed by atoms with van der Waals surface area (Å²) in [7, 11) is 0.